The Hall–Kier alpha value is -4.30. The van der Waals surface area contributed by atoms with E-state index in [9.17, 15) is 22.4 Å². The second-order valence-corrected chi connectivity index (χ2v) is 11.5. The quantitative estimate of drug-likeness (QED) is 0.158. The molecule has 3 aromatic heterocycles. The summed E-state index contributed by atoms with van der Waals surface area (Å²) in [6.07, 6.45) is -1.16. The number of thioether (sulfide) groups is 1. The largest absolute Gasteiger partial charge is 0.416 e. The predicted molar refractivity (Wildman–Crippen MR) is 156 cm³/mol. The van der Waals surface area contributed by atoms with Crippen molar-refractivity contribution in [1.29, 1.82) is 0 Å². The molecule has 220 valence electrons. The molecule has 0 N–H and O–H groups in total. The molecular formula is C29H23F4N7OS2. The highest BCUT2D eigenvalue weighted by molar-refractivity contribution is 7.98. The molecule has 2 aromatic carbocycles. The fourth-order valence-corrected chi connectivity index (χ4v) is 6.44. The number of piperazine rings is 1. The zero-order chi connectivity index (χ0) is 30.0. The van der Waals surface area contributed by atoms with Crippen molar-refractivity contribution in [1.82, 2.24) is 29.6 Å². The van der Waals surface area contributed by atoms with Crippen LogP contribution in [0.1, 0.15) is 21.1 Å². The van der Waals surface area contributed by atoms with Crippen LogP contribution >= 0.6 is 23.1 Å². The van der Waals surface area contributed by atoms with Crippen LogP contribution in [-0.4, -0.2) is 61.7 Å². The molecule has 43 heavy (non-hydrogen) atoms. The number of hydrogen-bond acceptors (Lipinski definition) is 8. The van der Waals surface area contributed by atoms with Gasteiger partial charge in [0.1, 0.15) is 16.5 Å². The molecule has 6 rings (SSSR count). The number of rotatable bonds is 7. The van der Waals surface area contributed by atoms with E-state index in [-0.39, 0.29) is 5.91 Å². The van der Waals surface area contributed by atoms with Gasteiger partial charge in [-0.15, -0.1) is 21.5 Å². The number of halogens is 4. The van der Waals surface area contributed by atoms with Crippen molar-refractivity contribution in [2.75, 3.05) is 31.1 Å². The minimum atomic E-state index is -4.41. The lowest BCUT2D eigenvalue weighted by molar-refractivity contribution is -0.137. The van der Waals surface area contributed by atoms with Gasteiger partial charge in [-0.3, -0.25) is 14.3 Å². The average molecular weight is 626 g/mol. The molecule has 0 bridgehead atoms. The number of amides is 1. The van der Waals surface area contributed by atoms with Gasteiger partial charge >= 0.3 is 6.18 Å². The molecule has 1 amide bonds. The van der Waals surface area contributed by atoms with Crippen LogP contribution in [-0.2, 0) is 11.9 Å². The molecule has 0 spiro atoms. The molecule has 5 aromatic rings. The van der Waals surface area contributed by atoms with E-state index in [4.69, 9.17) is 0 Å². The number of alkyl halides is 3. The fourth-order valence-electron chi connectivity index (χ4n) is 4.71. The summed E-state index contributed by atoms with van der Waals surface area (Å²) in [7, 11) is 0. The van der Waals surface area contributed by atoms with Gasteiger partial charge < -0.3 is 9.80 Å². The number of para-hydroxylation sites is 1. The number of benzene rings is 2. The van der Waals surface area contributed by atoms with Gasteiger partial charge in [-0.1, -0.05) is 30.0 Å². The maximum atomic E-state index is 14.8. The molecule has 1 saturated heterocycles. The summed E-state index contributed by atoms with van der Waals surface area (Å²) in [5.74, 6) is 0.194. The third-order valence-electron chi connectivity index (χ3n) is 6.87. The van der Waals surface area contributed by atoms with Crippen molar-refractivity contribution in [3.05, 3.63) is 101 Å². The number of thiazole rings is 1. The number of aromatic nitrogens is 5. The Labute approximate surface area is 252 Å². The van der Waals surface area contributed by atoms with Crippen LogP contribution in [0.5, 0.6) is 0 Å². The molecular weight excluding hydrogens is 602 g/mol. The van der Waals surface area contributed by atoms with Crippen molar-refractivity contribution in [3.63, 3.8) is 0 Å². The van der Waals surface area contributed by atoms with E-state index in [0.717, 1.165) is 17.7 Å². The highest BCUT2D eigenvalue weighted by Gasteiger charge is 2.31. The molecule has 1 aliphatic rings. The SMILES string of the molecule is O=C(c1csc(CSc2nnc(-c3ccncc3)n2-c2ccccc2F)n1)N1CCN(c2cccc(C(F)(F)F)c2)CC1. The van der Waals surface area contributed by atoms with Gasteiger partial charge in [0, 0.05) is 55.2 Å². The normalized spacial score (nSPS) is 13.9. The van der Waals surface area contributed by atoms with Crippen molar-refractivity contribution < 1.29 is 22.4 Å². The first-order valence-electron chi connectivity index (χ1n) is 13.2. The maximum Gasteiger partial charge on any atom is 0.416 e. The summed E-state index contributed by atoms with van der Waals surface area (Å²) >= 11 is 2.66. The highest BCUT2D eigenvalue weighted by atomic mass is 32.2. The highest BCUT2D eigenvalue weighted by Crippen LogP contribution is 2.33. The molecule has 0 atom stereocenters. The topological polar surface area (TPSA) is 80.0 Å². The smallest absolute Gasteiger partial charge is 0.368 e. The summed E-state index contributed by atoms with van der Waals surface area (Å²) in [5, 5.41) is 11.5. The van der Waals surface area contributed by atoms with Crippen molar-refractivity contribution in [3.8, 4) is 17.1 Å². The fraction of sp³-hybridized carbons (Fsp3) is 0.207. The first-order chi connectivity index (χ1) is 20.8. The average Bonchev–Trinajstić information content (AvgIpc) is 3.68. The number of carbonyl (C=O) groups excluding carboxylic acids is 1. The summed E-state index contributed by atoms with van der Waals surface area (Å²) < 4.78 is 55.9. The van der Waals surface area contributed by atoms with Crippen molar-refractivity contribution >= 4 is 34.7 Å². The molecule has 0 unspecified atom stereocenters. The number of nitrogens with zero attached hydrogens (tertiary/aromatic N) is 7. The zero-order valence-electron chi connectivity index (χ0n) is 22.4. The van der Waals surface area contributed by atoms with E-state index in [0.29, 0.717) is 65.0 Å². The van der Waals surface area contributed by atoms with Gasteiger partial charge in [-0.2, -0.15) is 13.2 Å². The second kappa shape index (κ2) is 12.1. The van der Waals surface area contributed by atoms with Gasteiger partial charge in [-0.05, 0) is 42.5 Å². The Kier molecular flexibility index (Phi) is 8.13. The van der Waals surface area contributed by atoms with Crippen LogP contribution in [0.2, 0.25) is 0 Å². The van der Waals surface area contributed by atoms with Gasteiger partial charge in [0.25, 0.3) is 5.91 Å². The van der Waals surface area contributed by atoms with E-state index >= 15 is 0 Å². The third kappa shape index (κ3) is 6.25. The van der Waals surface area contributed by atoms with Crippen LogP contribution in [0, 0.1) is 5.82 Å². The maximum absolute atomic E-state index is 14.8. The number of hydrogen-bond donors (Lipinski definition) is 0. The Morgan fingerprint density at radius 3 is 2.47 bits per heavy atom. The van der Waals surface area contributed by atoms with E-state index in [1.54, 1.807) is 63.6 Å². The molecule has 4 heterocycles. The van der Waals surface area contributed by atoms with Crippen molar-refractivity contribution in [2.45, 2.75) is 17.1 Å². The summed E-state index contributed by atoms with van der Waals surface area (Å²) in [6, 6.07) is 15.1. The Morgan fingerprint density at radius 1 is 0.953 bits per heavy atom. The van der Waals surface area contributed by atoms with Gasteiger partial charge in [0.2, 0.25) is 0 Å². The Morgan fingerprint density at radius 2 is 1.72 bits per heavy atom. The Balaban J connectivity index is 1.12. The molecule has 0 aliphatic carbocycles. The number of anilines is 1. The third-order valence-corrected chi connectivity index (χ3v) is 8.84. The number of pyridine rings is 1. The molecule has 14 heteroatoms. The van der Waals surface area contributed by atoms with Gasteiger partial charge in [0.05, 0.1) is 17.0 Å². The second-order valence-electron chi connectivity index (χ2n) is 9.57. The molecule has 0 saturated carbocycles. The first kappa shape index (κ1) is 28.8. The number of carbonyl (C=O) groups is 1. The summed E-state index contributed by atoms with van der Waals surface area (Å²) in [4.78, 5) is 25.2. The predicted octanol–water partition coefficient (Wildman–Crippen LogP) is 6.20. The van der Waals surface area contributed by atoms with E-state index < -0.39 is 17.6 Å². The minimum Gasteiger partial charge on any atom is -0.368 e. The van der Waals surface area contributed by atoms with Gasteiger partial charge in [0.15, 0.2) is 11.0 Å². The standard InChI is InChI=1S/C29H23F4N7OS2/c30-22-6-1-2-7-24(22)40-26(19-8-10-34-11-9-19)36-37-28(40)43-18-25-35-23(17-42-25)27(41)39-14-12-38(13-15-39)21-5-3-4-20(16-21)29(31,32)33/h1-11,16-17H,12-15,18H2. The summed E-state index contributed by atoms with van der Waals surface area (Å²) in [6.45, 7) is 1.54. The lowest BCUT2D eigenvalue weighted by Crippen LogP contribution is -2.49. The van der Waals surface area contributed by atoms with Crippen LogP contribution < -0.4 is 4.90 Å². The first-order valence-corrected chi connectivity index (χ1v) is 15.0. The molecule has 8 nitrogen and oxygen atoms in total. The molecule has 0 radical (unpaired) electrons. The van der Waals surface area contributed by atoms with Crippen LogP contribution in [0.25, 0.3) is 17.1 Å². The Bertz CT molecular complexity index is 1730. The van der Waals surface area contributed by atoms with Crippen molar-refractivity contribution in [2.24, 2.45) is 0 Å². The lowest BCUT2D eigenvalue weighted by atomic mass is 10.1. The van der Waals surface area contributed by atoms with E-state index in [1.165, 1.54) is 35.2 Å². The van der Waals surface area contributed by atoms with E-state index in [1.807, 2.05) is 4.90 Å². The van der Waals surface area contributed by atoms with Crippen LogP contribution in [0.3, 0.4) is 0 Å². The molecule has 1 fully saturated rings. The summed E-state index contributed by atoms with van der Waals surface area (Å²) in [5.41, 5.74) is 1.12. The lowest BCUT2D eigenvalue weighted by Gasteiger charge is -2.36. The van der Waals surface area contributed by atoms with Gasteiger partial charge in [-0.25, -0.2) is 9.37 Å². The van der Waals surface area contributed by atoms with Crippen LogP contribution in [0.15, 0.2) is 83.6 Å². The van der Waals surface area contributed by atoms with Crippen LogP contribution in [0.4, 0.5) is 23.2 Å². The monoisotopic (exact) mass is 625 g/mol. The molecule has 1 aliphatic heterocycles. The zero-order valence-corrected chi connectivity index (χ0v) is 24.0. The minimum absolute atomic E-state index is 0.231. The van der Waals surface area contributed by atoms with E-state index in [2.05, 4.69) is 20.2 Å².